The van der Waals surface area contributed by atoms with Gasteiger partial charge in [-0.3, -0.25) is 28.5 Å². The molecule has 0 amide bonds. The molecule has 0 spiro atoms. The van der Waals surface area contributed by atoms with Crippen molar-refractivity contribution < 1.29 is 4.79 Å². The first-order valence-electron chi connectivity index (χ1n) is 8.97. The number of hydrogen-bond donors (Lipinski definition) is 2. The lowest BCUT2D eigenvalue weighted by molar-refractivity contribution is 0.102. The molecule has 29 heavy (non-hydrogen) atoms. The normalized spacial score (nSPS) is 13.9. The second-order valence-electron chi connectivity index (χ2n) is 7.05. The van der Waals surface area contributed by atoms with E-state index in [1.807, 2.05) is 13.8 Å². The van der Waals surface area contributed by atoms with E-state index in [9.17, 15) is 19.2 Å². The topological polar surface area (TPSA) is 133 Å². The van der Waals surface area contributed by atoms with E-state index in [1.165, 1.54) is 20.5 Å². The molecule has 1 fully saturated rings. The lowest BCUT2D eigenvalue weighted by Gasteiger charge is -2.11. The molecule has 152 valence electrons. The lowest BCUT2D eigenvalue weighted by Crippen LogP contribution is -2.36. The lowest BCUT2D eigenvalue weighted by atomic mass is 10.2. The number of carbonyl (C=O) groups excluding carboxylic acids is 1. The molecule has 4 rings (SSSR count). The van der Waals surface area contributed by atoms with Crippen LogP contribution in [-0.2, 0) is 7.05 Å². The molecule has 3 aromatic rings. The summed E-state index contributed by atoms with van der Waals surface area (Å²) in [6.07, 6.45) is 1.56. The minimum absolute atomic E-state index is 0.0752. The van der Waals surface area contributed by atoms with Crippen molar-refractivity contribution in [2.45, 2.75) is 37.9 Å². The SMILES string of the molecule is Cc1sc2nc(SCC(=O)c3c(N)n(C4CC4)c(=O)[nH]c3=O)n(C)c(=O)c2c1C. The highest BCUT2D eigenvalue weighted by atomic mass is 32.2. The minimum atomic E-state index is -0.795. The van der Waals surface area contributed by atoms with Crippen LogP contribution in [0.2, 0.25) is 0 Å². The van der Waals surface area contributed by atoms with E-state index in [4.69, 9.17) is 5.73 Å². The molecule has 0 radical (unpaired) electrons. The summed E-state index contributed by atoms with van der Waals surface area (Å²) in [4.78, 5) is 58.0. The highest BCUT2D eigenvalue weighted by Gasteiger charge is 2.30. The van der Waals surface area contributed by atoms with Crippen LogP contribution in [0.25, 0.3) is 10.2 Å². The first-order chi connectivity index (χ1) is 13.7. The molecule has 0 saturated heterocycles. The van der Waals surface area contributed by atoms with Crippen molar-refractivity contribution in [2.75, 3.05) is 11.5 Å². The summed E-state index contributed by atoms with van der Waals surface area (Å²) in [5.74, 6) is -0.754. The van der Waals surface area contributed by atoms with Gasteiger partial charge in [-0.25, -0.2) is 9.78 Å². The molecule has 3 aromatic heterocycles. The van der Waals surface area contributed by atoms with Gasteiger partial charge in [0.25, 0.3) is 11.1 Å². The second-order valence-corrected chi connectivity index (χ2v) is 9.20. The van der Waals surface area contributed by atoms with Crippen molar-refractivity contribution in [2.24, 2.45) is 7.05 Å². The van der Waals surface area contributed by atoms with Gasteiger partial charge >= 0.3 is 5.69 Å². The van der Waals surface area contributed by atoms with Crippen molar-refractivity contribution in [3.05, 3.63) is 47.2 Å². The van der Waals surface area contributed by atoms with Crippen LogP contribution >= 0.6 is 23.1 Å². The fraction of sp³-hybridized carbons (Fsp3) is 0.389. The first kappa shape index (κ1) is 19.6. The predicted molar refractivity (Wildman–Crippen MR) is 113 cm³/mol. The van der Waals surface area contributed by atoms with E-state index in [0.717, 1.165) is 35.0 Å². The molecular weight excluding hydrogens is 414 g/mol. The number of thiophene rings is 1. The third-order valence-corrected chi connectivity index (χ3v) is 7.21. The number of aryl methyl sites for hydroxylation is 2. The Morgan fingerprint density at radius 3 is 2.66 bits per heavy atom. The Bertz CT molecular complexity index is 1340. The average molecular weight is 434 g/mol. The van der Waals surface area contributed by atoms with Gasteiger partial charge in [-0.1, -0.05) is 11.8 Å². The maximum atomic E-state index is 12.7. The van der Waals surface area contributed by atoms with Crippen molar-refractivity contribution in [1.82, 2.24) is 19.1 Å². The Hall–Kier alpha value is -2.66. The van der Waals surface area contributed by atoms with E-state index in [1.54, 1.807) is 7.05 Å². The number of aromatic nitrogens is 4. The number of ketones is 1. The second kappa shape index (κ2) is 6.99. The van der Waals surface area contributed by atoms with Gasteiger partial charge in [-0.05, 0) is 32.3 Å². The Morgan fingerprint density at radius 1 is 1.31 bits per heavy atom. The Balaban J connectivity index is 1.67. The number of carbonyl (C=O) groups is 1. The molecular formula is C18H19N5O4S2. The van der Waals surface area contributed by atoms with E-state index >= 15 is 0 Å². The van der Waals surface area contributed by atoms with Gasteiger partial charge in [-0.2, -0.15) is 0 Å². The van der Waals surface area contributed by atoms with Crippen LogP contribution in [0.1, 0.15) is 39.7 Å². The number of aromatic amines is 1. The Labute approximate surface area is 172 Å². The number of hydrogen-bond acceptors (Lipinski definition) is 8. The van der Waals surface area contributed by atoms with Gasteiger partial charge in [0.1, 0.15) is 16.2 Å². The number of H-pyrrole nitrogens is 1. The molecule has 1 aliphatic carbocycles. The molecule has 0 bridgehead atoms. The number of nitrogens with two attached hydrogens (primary N) is 1. The maximum absolute atomic E-state index is 12.7. The van der Waals surface area contributed by atoms with Crippen LogP contribution in [0.3, 0.4) is 0 Å². The summed E-state index contributed by atoms with van der Waals surface area (Å²) < 4.78 is 2.68. The third-order valence-electron chi connectivity index (χ3n) is 5.07. The molecule has 11 heteroatoms. The molecule has 1 saturated carbocycles. The zero-order valence-electron chi connectivity index (χ0n) is 16.1. The molecule has 9 nitrogen and oxygen atoms in total. The number of nitrogens with zero attached hydrogens (tertiary/aromatic N) is 3. The van der Waals surface area contributed by atoms with Crippen LogP contribution < -0.4 is 22.5 Å². The van der Waals surface area contributed by atoms with E-state index in [-0.39, 0.29) is 28.7 Å². The van der Waals surface area contributed by atoms with Gasteiger partial charge in [0.05, 0.1) is 11.1 Å². The van der Waals surface area contributed by atoms with E-state index in [2.05, 4.69) is 9.97 Å². The summed E-state index contributed by atoms with van der Waals surface area (Å²) in [6.45, 7) is 3.82. The summed E-state index contributed by atoms with van der Waals surface area (Å²) in [5.41, 5.74) is 5.10. The monoisotopic (exact) mass is 433 g/mol. The Morgan fingerprint density at radius 2 is 2.00 bits per heavy atom. The van der Waals surface area contributed by atoms with Gasteiger partial charge < -0.3 is 5.73 Å². The smallest absolute Gasteiger partial charge is 0.330 e. The number of nitrogens with one attached hydrogen (secondary N) is 1. The number of anilines is 1. The average Bonchev–Trinajstić information content (AvgIpc) is 3.43. The van der Waals surface area contributed by atoms with Crippen LogP contribution in [0.5, 0.6) is 0 Å². The number of Topliss-reactive ketones (excluding diaryl/α,β-unsaturated/α-hetero) is 1. The fourth-order valence-corrected chi connectivity index (χ4v) is 5.13. The van der Waals surface area contributed by atoms with Gasteiger partial charge in [0.2, 0.25) is 0 Å². The summed E-state index contributed by atoms with van der Waals surface area (Å²) >= 11 is 2.49. The number of nitrogen functional groups attached to an aromatic ring is 1. The van der Waals surface area contributed by atoms with Crippen molar-refractivity contribution in [1.29, 1.82) is 0 Å². The van der Waals surface area contributed by atoms with Gasteiger partial charge in [0, 0.05) is 18.0 Å². The van der Waals surface area contributed by atoms with Crippen LogP contribution in [-0.4, -0.2) is 30.6 Å². The standard InChI is InChI=1S/C18H19N5O4S2/c1-7-8(2)29-15-11(7)16(26)22(3)18(21-15)28-6-10(24)12-13(19)23(9-4-5-9)17(27)20-14(12)25/h9H,4-6,19H2,1-3H3,(H,20,25,27). The predicted octanol–water partition coefficient (Wildman–Crippen LogP) is 1.35. The van der Waals surface area contributed by atoms with Crippen molar-refractivity contribution in [3.63, 3.8) is 0 Å². The third kappa shape index (κ3) is 3.23. The zero-order chi connectivity index (χ0) is 21.0. The molecule has 0 aliphatic heterocycles. The zero-order valence-corrected chi connectivity index (χ0v) is 17.7. The molecule has 0 aromatic carbocycles. The van der Waals surface area contributed by atoms with E-state index in [0.29, 0.717) is 15.4 Å². The number of fused-ring (bicyclic) bond motifs is 1. The highest BCUT2D eigenvalue weighted by Crippen LogP contribution is 2.35. The summed E-state index contributed by atoms with van der Waals surface area (Å²) in [6, 6.07) is -0.0752. The molecule has 0 atom stereocenters. The highest BCUT2D eigenvalue weighted by molar-refractivity contribution is 7.99. The number of thioether (sulfide) groups is 1. The minimum Gasteiger partial charge on any atom is -0.384 e. The molecule has 3 heterocycles. The Kier molecular flexibility index (Phi) is 4.74. The molecule has 0 unspecified atom stereocenters. The maximum Gasteiger partial charge on any atom is 0.330 e. The van der Waals surface area contributed by atoms with E-state index < -0.39 is 17.0 Å². The molecule has 1 aliphatic rings. The summed E-state index contributed by atoms with van der Waals surface area (Å²) in [7, 11) is 1.60. The summed E-state index contributed by atoms with van der Waals surface area (Å²) in [5, 5.41) is 0.963. The van der Waals surface area contributed by atoms with Gasteiger partial charge in [-0.15, -0.1) is 11.3 Å². The van der Waals surface area contributed by atoms with Crippen molar-refractivity contribution in [3.8, 4) is 0 Å². The van der Waals surface area contributed by atoms with Crippen molar-refractivity contribution >= 4 is 44.9 Å². The fourth-order valence-electron chi connectivity index (χ4n) is 3.22. The van der Waals surface area contributed by atoms with Crippen LogP contribution in [0.4, 0.5) is 5.82 Å². The van der Waals surface area contributed by atoms with Gasteiger partial charge in [0.15, 0.2) is 10.9 Å². The van der Waals surface area contributed by atoms with Crippen LogP contribution in [0, 0.1) is 13.8 Å². The van der Waals surface area contributed by atoms with Crippen LogP contribution in [0.15, 0.2) is 19.5 Å². The number of rotatable bonds is 5. The quantitative estimate of drug-likeness (QED) is 0.352. The molecule has 3 N–H and O–H groups in total. The first-order valence-corrected chi connectivity index (χ1v) is 10.8. The largest absolute Gasteiger partial charge is 0.384 e.